The van der Waals surface area contributed by atoms with E-state index >= 15 is 0 Å². The van der Waals surface area contributed by atoms with Gasteiger partial charge in [-0.15, -0.1) is 0 Å². The van der Waals surface area contributed by atoms with Gasteiger partial charge in [-0.1, -0.05) is 0 Å². The number of oxazole rings is 1. The van der Waals surface area contributed by atoms with E-state index in [1.54, 1.807) is 18.3 Å². The molecule has 8 heteroatoms. The highest BCUT2D eigenvalue weighted by molar-refractivity contribution is 7.99. The molecule has 0 saturated carbocycles. The quantitative estimate of drug-likeness (QED) is 0.858. The van der Waals surface area contributed by atoms with Crippen LogP contribution >= 0.6 is 23.1 Å². The van der Waals surface area contributed by atoms with Crippen LogP contribution in [0.4, 0.5) is 0 Å². The highest BCUT2D eigenvalue weighted by Gasteiger charge is 2.43. The number of thioether (sulfide) groups is 1. The number of aliphatic carboxylic acids is 1. The third kappa shape index (κ3) is 3.28. The summed E-state index contributed by atoms with van der Waals surface area (Å²) in [5, 5.41) is 15.9. The molecule has 0 aliphatic carbocycles. The first-order chi connectivity index (χ1) is 11.0. The molecule has 1 unspecified atom stereocenters. The number of hydrogen-bond acceptors (Lipinski definition) is 6. The number of nitrogens with zero attached hydrogens (tertiary/aromatic N) is 1. The maximum atomic E-state index is 12.3. The molecule has 1 aliphatic rings. The Morgan fingerprint density at radius 2 is 2.35 bits per heavy atom. The van der Waals surface area contributed by atoms with E-state index in [0.717, 1.165) is 11.3 Å². The Morgan fingerprint density at radius 3 is 2.96 bits per heavy atom. The van der Waals surface area contributed by atoms with E-state index in [1.165, 1.54) is 11.8 Å². The number of nitrogens with one attached hydrogen (secondary N) is 1. The summed E-state index contributed by atoms with van der Waals surface area (Å²) in [5.41, 5.74) is 0.254. The molecule has 0 radical (unpaired) electrons. The number of aromatic nitrogens is 1. The van der Waals surface area contributed by atoms with E-state index in [9.17, 15) is 14.7 Å². The lowest BCUT2D eigenvalue weighted by molar-refractivity contribution is -0.146. The average molecular weight is 352 g/mol. The van der Waals surface area contributed by atoms with Crippen LogP contribution in [0.5, 0.6) is 0 Å². The van der Waals surface area contributed by atoms with Gasteiger partial charge in [0.1, 0.15) is 11.3 Å². The van der Waals surface area contributed by atoms with E-state index in [2.05, 4.69) is 10.3 Å². The van der Waals surface area contributed by atoms with Crippen LogP contribution < -0.4 is 5.32 Å². The second kappa shape index (κ2) is 6.37. The van der Waals surface area contributed by atoms with Gasteiger partial charge in [-0.05, 0) is 30.5 Å². The second-order valence-corrected chi connectivity index (χ2v) is 7.33. The summed E-state index contributed by atoms with van der Waals surface area (Å²) < 4.78 is 5.60. The van der Waals surface area contributed by atoms with Gasteiger partial charge < -0.3 is 14.8 Å². The predicted molar refractivity (Wildman–Crippen MR) is 88.7 cm³/mol. The number of carbonyl (C=O) groups excluding carboxylic acids is 1. The van der Waals surface area contributed by atoms with Crippen LogP contribution in [0.15, 0.2) is 21.2 Å². The minimum absolute atomic E-state index is 0.0131. The van der Waals surface area contributed by atoms with Crippen molar-refractivity contribution in [3.8, 4) is 11.5 Å². The summed E-state index contributed by atoms with van der Waals surface area (Å²) in [6.07, 6.45) is 0.454. The lowest BCUT2D eigenvalue weighted by atomic mass is 9.99. The number of carbonyl (C=O) groups is 2. The molecule has 1 atom stereocenters. The molecule has 23 heavy (non-hydrogen) atoms. The summed E-state index contributed by atoms with van der Waals surface area (Å²) in [5.74, 6) is 0.862. The number of carboxylic acid groups (broad SMARTS) is 1. The zero-order chi connectivity index (χ0) is 16.4. The van der Waals surface area contributed by atoms with Crippen molar-refractivity contribution in [1.82, 2.24) is 10.3 Å². The molecular formula is C15H16N2O4S2. The molecule has 3 rings (SSSR count). The number of hydrogen-bond donors (Lipinski definition) is 2. The Kier molecular flexibility index (Phi) is 4.45. The summed E-state index contributed by atoms with van der Waals surface area (Å²) in [6.45, 7) is 1.75. The highest BCUT2D eigenvalue weighted by Crippen LogP contribution is 2.29. The third-order valence-electron chi connectivity index (χ3n) is 3.80. The minimum atomic E-state index is -1.16. The van der Waals surface area contributed by atoms with Crippen molar-refractivity contribution in [1.29, 1.82) is 0 Å². The lowest BCUT2D eigenvalue weighted by Gasteiger charge is -2.24. The molecule has 6 nitrogen and oxygen atoms in total. The highest BCUT2D eigenvalue weighted by atomic mass is 32.2. The molecule has 1 aliphatic heterocycles. The van der Waals surface area contributed by atoms with Gasteiger partial charge in [0.2, 0.25) is 11.8 Å². The standard InChI is InChI=1S/C15H16N2O4S2/c1-9-11(16-13(21-9)10-2-4-22-7-10)6-12(18)17-15(14(19)20)3-5-23-8-15/h2,4,7H,3,5-6,8H2,1H3,(H,17,18)(H,19,20). The van der Waals surface area contributed by atoms with Gasteiger partial charge in [0.25, 0.3) is 0 Å². The molecule has 0 bridgehead atoms. The van der Waals surface area contributed by atoms with Crippen LogP contribution in [0.1, 0.15) is 17.9 Å². The van der Waals surface area contributed by atoms with Gasteiger partial charge in [0, 0.05) is 16.7 Å². The van der Waals surface area contributed by atoms with Crippen LogP contribution in [-0.4, -0.2) is 39.0 Å². The summed E-state index contributed by atoms with van der Waals surface area (Å²) in [7, 11) is 0. The Bertz CT molecular complexity index is 718. The fourth-order valence-electron chi connectivity index (χ4n) is 2.45. The van der Waals surface area contributed by atoms with Crippen LogP contribution in [0.3, 0.4) is 0 Å². The van der Waals surface area contributed by atoms with Gasteiger partial charge in [0.15, 0.2) is 0 Å². The zero-order valence-electron chi connectivity index (χ0n) is 12.5. The number of aryl methyl sites for hydroxylation is 1. The molecule has 0 spiro atoms. The van der Waals surface area contributed by atoms with E-state index in [4.69, 9.17) is 4.42 Å². The molecule has 0 aromatic carbocycles. The smallest absolute Gasteiger partial charge is 0.330 e. The number of rotatable bonds is 5. The molecule has 2 aromatic rings. The van der Waals surface area contributed by atoms with Gasteiger partial charge in [0.05, 0.1) is 12.1 Å². The fourth-order valence-corrected chi connectivity index (χ4v) is 4.41. The Labute approximate surface area is 141 Å². The minimum Gasteiger partial charge on any atom is -0.479 e. The lowest BCUT2D eigenvalue weighted by Crippen LogP contribution is -2.55. The monoisotopic (exact) mass is 352 g/mol. The van der Waals surface area contributed by atoms with Crippen molar-refractivity contribution in [3.05, 3.63) is 28.3 Å². The van der Waals surface area contributed by atoms with Gasteiger partial charge in [-0.3, -0.25) is 4.79 Å². The predicted octanol–water partition coefficient (Wildman–Crippen LogP) is 2.33. The molecule has 122 valence electrons. The topological polar surface area (TPSA) is 92.4 Å². The molecular weight excluding hydrogens is 336 g/mol. The summed E-state index contributed by atoms with van der Waals surface area (Å²) >= 11 is 3.08. The van der Waals surface area contributed by atoms with E-state index in [-0.39, 0.29) is 12.3 Å². The van der Waals surface area contributed by atoms with E-state index in [0.29, 0.717) is 29.5 Å². The number of carboxylic acids is 1. The maximum absolute atomic E-state index is 12.3. The first kappa shape index (κ1) is 16.1. The Hall–Kier alpha value is -1.80. The molecule has 2 aromatic heterocycles. The number of thiophene rings is 1. The average Bonchev–Trinajstić information content (AvgIpc) is 3.21. The van der Waals surface area contributed by atoms with E-state index in [1.807, 2.05) is 16.8 Å². The second-order valence-electron chi connectivity index (χ2n) is 5.45. The van der Waals surface area contributed by atoms with Crippen molar-refractivity contribution < 1.29 is 19.1 Å². The van der Waals surface area contributed by atoms with Gasteiger partial charge >= 0.3 is 5.97 Å². The van der Waals surface area contributed by atoms with Gasteiger partial charge in [-0.25, -0.2) is 9.78 Å². The SMILES string of the molecule is Cc1oc(-c2ccsc2)nc1CC(=O)NC1(C(=O)O)CCSC1. The van der Waals surface area contributed by atoms with Crippen LogP contribution in [0, 0.1) is 6.92 Å². The third-order valence-corrected chi connectivity index (χ3v) is 5.67. The fraction of sp³-hybridized carbons (Fsp3) is 0.400. The molecule has 1 fully saturated rings. The molecule has 2 N–H and O–H groups in total. The normalized spacial score (nSPS) is 20.6. The Morgan fingerprint density at radius 1 is 1.52 bits per heavy atom. The largest absolute Gasteiger partial charge is 0.479 e. The van der Waals surface area contributed by atoms with Crippen molar-refractivity contribution >= 4 is 35.0 Å². The van der Waals surface area contributed by atoms with Crippen molar-refractivity contribution in [2.24, 2.45) is 0 Å². The van der Waals surface area contributed by atoms with Crippen molar-refractivity contribution in [2.45, 2.75) is 25.3 Å². The van der Waals surface area contributed by atoms with Gasteiger partial charge in [-0.2, -0.15) is 23.1 Å². The molecule has 3 heterocycles. The Balaban J connectivity index is 1.72. The molecule has 1 amide bonds. The van der Waals surface area contributed by atoms with E-state index < -0.39 is 11.5 Å². The van der Waals surface area contributed by atoms with Crippen molar-refractivity contribution in [3.63, 3.8) is 0 Å². The summed E-state index contributed by atoms with van der Waals surface area (Å²) in [6, 6.07) is 1.90. The van der Waals surface area contributed by atoms with Crippen molar-refractivity contribution in [2.75, 3.05) is 11.5 Å². The summed E-state index contributed by atoms with van der Waals surface area (Å²) in [4.78, 5) is 28.1. The maximum Gasteiger partial charge on any atom is 0.330 e. The van der Waals surface area contributed by atoms with Crippen LogP contribution in [0.2, 0.25) is 0 Å². The first-order valence-corrected chi connectivity index (χ1v) is 9.21. The van der Waals surface area contributed by atoms with Crippen LogP contribution in [-0.2, 0) is 16.0 Å². The van der Waals surface area contributed by atoms with Crippen LogP contribution in [0.25, 0.3) is 11.5 Å². The molecule has 1 saturated heterocycles. The zero-order valence-corrected chi connectivity index (χ0v) is 14.1. The first-order valence-electron chi connectivity index (χ1n) is 7.11. The number of amides is 1.